The van der Waals surface area contributed by atoms with E-state index >= 15 is 0 Å². The molecule has 0 radical (unpaired) electrons. The van der Waals surface area contributed by atoms with Crippen LogP contribution in [0.1, 0.15) is 46.0 Å². The van der Waals surface area contributed by atoms with Gasteiger partial charge in [0.05, 0.1) is 6.61 Å². The smallest absolute Gasteiger partial charge is 0.0615 e. The molecule has 0 aliphatic rings. The van der Waals surface area contributed by atoms with Crippen molar-refractivity contribution in [3.05, 3.63) is 0 Å². The Balaban J connectivity index is 3.87. The topological polar surface area (TPSA) is 41.5 Å². The maximum atomic E-state index is 8.92. The van der Waals surface area contributed by atoms with Crippen LogP contribution in [0.4, 0.5) is 0 Å². The lowest BCUT2D eigenvalue weighted by molar-refractivity contribution is 0.149. The summed E-state index contributed by atoms with van der Waals surface area (Å²) in [6.07, 6.45) is 5.51. The molecule has 0 saturated heterocycles. The molecule has 0 bridgehead atoms. The Morgan fingerprint density at radius 3 is 2.40 bits per heavy atom. The van der Waals surface area contributed by atoms with Crippen molar-refractivity contribution in [1.29, 1.82) is 0 Å². The highest BCUT2D eigenvalue weighted by molar-refractivity contribution is 4.73. The minimum absolute atomic E-state index is 0.263. The lowest BCUT2D eigenvalue weighted by Crippen LogP contribution is -2.41. The zero-order valence-electron chi connectivity index (χ0n) is 10.5. The second kappa shape index (κ2) is 10.4. The van der Waals surface area contributed by atoms with Gasteiger partial charge in [0.2, 0.25) is 0 Å². The summed E-state index contributed by atoms with van der Waals surface area (Å²) in [5.74, 6) is 0. The van der Waals surface area contributed by atoms with Crippen LogP contribution in [0.5, 0.6) is 0 Å². The normalized spacial score (nSPS) is 15.2. The summed E-state index contributed by atoms with van der Waals surface area (Å²) < 4.78 is 5.20. The third kappa shape index (κ3) is 7.77. The van der Waals surface area contributed by atoms with Gasteiger partial charge in [-0.25, -0.2) is 0 Å². The number of nitrogens with one attached hydrogen (secondary N) is 1. The Bertz CT molecular complexity index is 131. The molecule has 0 aliphatic carbocycles. The molecule has 0 spiro atoms. The van der Waals surface area contributed by atoms with Crippen LogP contribution in [0.15, 0.2) is 0 Å². The molecule has 0 aromatic carbocycles. The number of rotatable bonds is 10. The third-order valence-electron chi connectivity index (χ3n) is 2.72. The van der Waals surface area contributed by atoms with Crippen molar-refractivity contribution < 1.29 is 9.84 Å². The number of aliphatic hydroxyl groups excluding tert-OH is 1. The van der Waals surface area contributed by atoms with Gasteiger partial charge in [0.15, 0.2) is 0 Å². The molecule has 0 heterocycles. The van der Waals surface area contributed by atoms with E-state index in [1.54, 1.807) is 7.11 Å². The molecular weight excluding hydrogens is 190 g/mol. The summed E-state index contributed by atoms with van der Waals surface area (Å²) in [5, 5.41) is 12.5. The van der Waals surface area contributed by atoms with E-state index in [1.165, 1.54) is 12.8 Å². The summed E-state index contributed by atoms with van der Waals surface area (Å²) >= 11 is 0. The van der Waals surface area contributed by atoms with E-state index in [0.717, 1.165) is 25.9 Å². The first-order valence-electron chi connectivity index (χ1n) is 6.14. The zero-order chi connectivity index (χ0) is 11.5. The van der Waals surface area contributed by atoms with Gasteiger partial charge in [-0.05, 0) is 19.3 Å². The van der Waals surface area contributed by atoms with Gasteiger partial charge in [-0.2, -0.15) is 0 Å². The number of ether oxygens (including phenoxy) is 1. The molecule has 0 aromatic rings. The standard InChI is InChI=1S/C12H27NO2/c1-4-6-7-12(10-15-3)13-11(5-2)8-9-14/h11-14H,4-10H2,1-3H3. The van der Waals surface area contributed by atoms with Crippen molar-refractivity contribution in [1.82, 2.24) is 5.32 Å². The number of unbranched alkanes of at least 4 members (excludes halogenated alkanes) is 1. The molecule has 2 atom stereocenters. The lowest BCUT2D eigenvalue weighted by atomic mass is 10.1. The molecule has 0 rings (SSSR count). The van der Waals surface area contributed by atoms with Crippen LogP contribution in [0.2, 0.25) is 0 Å². The van der Waals surface area contributed by atoms with Gasteiger partial charge >= 0.3 is 0 Å². The highest BCUT2D eigenvalue weighted by Crippen LogP contribution is 2.05. The maximum Gasteiger partial charge on any atom is 0.0615 e. The number of methoxy groups -OCH3 is 1. The molecule has 3 nitrogen and oxygen atoms in total. The van der Waals surface area contributed by atoms with Gasteiger partial charge in [-0.1, -0.05) is 26.7 Å². The molecule has 0 aromatic heterocycles. The molecule has 3 heteroatoms. The predicted octanol–water partition coefficient (Wildman–Crippen LogP) is 1.94. The van der Waals surface area contributed by atoms with E-state index in [9.17, 15) is 0 Å². The average molecular weight is 217 g/mol. The fourth-order valence-corrected chi connectivity index (χ4v) is 1.76. The van der Waals surface area contributed by atoms with Gasteiger partial charge in [0.1, 0.15) is 0 Å². The van der Waals surface area contributed by atoms with Gasteiger partial charge < -0.3 is 15.2 Å². The second-order valence-corrected chi connectivity index (χ2v) is 4.08. The highest BCUT2D eigenvalue weighted by atomic mass is 16.5. The lowest BCUT2D eigenvalue weighted by Gasteiger charge is -2.24. The molecular formula is C12H27NO2. The van der Waals surface area contributed by atoms with Gasteiger partial charge in [-0.3, -0.25) is 0 Å². The molecule has 92 valence electrons. The van der Waals surface area contributed by atoms with Crippen LogP contribution >= 0.6 is 0 Å². The van der Waals surface area contributed by atoms with Crippen molar-refractivity contribution >= 4 is 0 Å². The monoisotopic (exact) mass is 217 g/mol. The molecule has 15 heavy (non-hydrogen) atoms. The van der Waals surface area contributed by atoms with Crippen molar-refractivity contribution in [2.75, 3.05) is 20.3 Å². The second-order valence-electron chi connectivity index (χ2n) is 4.08. The first kappa shape index (κ1) is 14.9. The summed E-state index contributed by atoms with van der Waals surface area (Å²) in [7, 11) is 1.74. The van der Waals surface area contributed by atoms with E-state index in [-0.39, 0.29) is 6.61 Å². The van der Waals surface area contributed by atoms with Crippen molar-refractivity contribution in [3.63, 3.8) is 0 Å². The molecule has 2 unspecified atom stereocenters. The van der Waals surface area contributed by atoms with E-state index < -0.39 is 0 Å². The van der Waals surface area contributed by atoms with Crippen LogP contribution < -0.4 is 5.32 Å². The first-order chi connectivity index (χ1) is 7.28. The zero-order valence-corrected chi connectivity index (χ0v) is 10.5. The Morgan fingerprint density at radius 1 is 1.20 bits per heavy atom. The van der Waals surface area contributed by atoms with Gasteiger partial charge in [0.25, 0.3) is 0 Å². The fourth-order valence-electron chi connectivity index (χ4n) is 1.76. The molecule has 0 fully saturated rings. The molecule has 0 amide bonds. The van der Waals surface area contributed by atoms with Crippen LogP contribution in [-0.2, 0) is 4.74 Å². The Hall–Kier alpha value is -0.120. The van der Waals surface area contributed by atoms with Crippen molar-refractivity contribution in [2.45, 2.75) is 58.0 Å². The summed E-state index contributed by atoms with van der Waals surface area (Å²) in [5.41, 5.74) is 0. The van der Waals surface area contributed by atoms with E-state index in [4.69, 9.17) is 9.84 Å². The van der Waals surface area contributed by atoms with Crippen LogP contribution in [0.3, 0.4) is 0 Å². The predicted molar refractivity (Wildman–Crippen MR) is 64.1 cm³/mol. The quantitative estimate of drug-likeness (QED) is 0.587. The molecule has 0 aliphatic heterocycles. The summed E-state index contributed by atoms with van der Waals surface area (Å²) in [4.78, 5) is 0. The molecule has 0 saturated carbocycles. The minimum Gasteiger partial charge on any atom is -0.396 e. The van der Waals surface area contributed by atoms with Gasteiger partial charge in [-0.15, -0.1) is 0 Å². The average Bonchev–Trinajstić information content (AvgIpc) is 2.25. The Labute approximate surface area is 94.2 Å². The number of aliphatic hydroxyl groups is 1. The Kier molecular flexibility index (Phi) is 10.3. The number of hydrogen-bond donors (Lipinski definition) is 2. The minimum atomic E-state index is 0.263. The highest BCUT2D eigenvalue weighted by Gasteiger charge is 2.12. The Morgan fingerprint density at radius 2 is 1.93 bits per heavy atom. The van der Waals surface area contributed by atoms with Crippen LogP contribution in [0, 0.1) is 0 Å². The van der Waals surface area contributed by atoms with Crippen molar-refractivity contribution in [2.24, 2.45) is 0 Å². The van der Waals surface area contributed by atoms with E-state index in [2.05, 4.69) is 19.2 Å². The SMILES string of the molecule is CCCCC(COC)NC(CC)CCO. The largest absolute Gasteiger partial charge is 0.396 e. The first-order valence-corrected chi connectivity index (χ1v) is 6.14. The summed E-state index contributed by atoms with van der Waals surface area (Å²) in [6.45, 7) is 5.38. The third-order valence-corrected chi connectivity index (χ3v) is 2.72. The maximum absolute atomic E-state index is 8.92. The number of hydrogen-bond acceptors (Lipinski definition) is 3. The van der Waals surface area contributed by atoms with Gasteiger partial charge in [0, 0.05) is 25.8 Å². The van der Waals surface area contributed by atoms with E-state index in [1.807, 2.05) is 0 Å². The fraction of sp³-hybridized carbons (Fsp3) is 1.00. The van der Waals surface area contributed by atoms with E-state index in [0.29, 0.717) is 12.1 Å². The van der Waals surface area contributed by atoms with Crippen LogP contribution in [0.25, 0.3) is 0 Å². The van der Waals surface area contributed by atoms with Crippen molar-refractivity contribution in [3.8, 4) is 0 Å². The summed E-state index contributed by atoms with van der Waals surface area (Å²) in [6, 6.07) is 0.860. The molecule has 2 N–H and O–H groups in total. The van der Waals surface area contributed by atoms with Crippen LogP contribution in [-0.4, -0.2) is 37.5 Å².